The van der Waals surface area contributed by atoms with Crippen molar-refractivity contribution in [2.24, 2.45) is 0 Å². The summed E-state index contributed by atoms with van der Waals surface area (Å²) in [5.41, 5.74) is 3.46. The normalized spacial score (nSPS) is 10.6. The minimum absolute atomic E-state index is 0.139. The molecule has 7 nitrogen and oxygen atoms in total. The van der Waals surface area contributed by atoms with Gasteiger partial charge in [0, 0.05) is 12.2 Å². The van der Waals surface area contributed by atoms with Gasteiger partial charge in [0.2, 0.25) is 0 Å². The van der Waals surface area contributed by atoms with Crippen molar-refractivity contribution in [2.75, 3.05) is 6.61 Å². The van der Waals surface area contributed by atoms with Gasteiger partial charge in [-0.25, -0.2) is 9.59 Å². The van der Waals surface area contributed by atoms with Crippen molar-refractivity contribution in [1.29, 1.82) is 0 Å². The molecule has 2 N–H and O–H groups in total. The van der Waals surface area contributed by atoms with Gasteiger partial charge in [-0.1, -0.05) is 24.3 Å². The van der Waals surface area contributed by atoms with Crippen LogP contribution in [-0.2, 0) is 20.8 Å². The van der Waals surface area contributed by atoms with E-state index in [9.17, 15) is 14.4 Å². The summed E-state index contributed by atoms with van der Waals surface area (Å²) in [6, 6.07) is 7.70. The highest BCUT2D eigenvalue weighted by molar-refractivity contribution is 5.99. The van der Waals surface area contributed by atoms with Gasteiger partial charge in [0.25, 0.3) is 5.91 Å². The SMILES string of the molecule is Cc1ccccc1CNC(=O)COC(=O)c1[nH]c(C)c(C(=O)OC(C)C)c1C. The Labute approximate surface area is 164 Å². The molecule has 1 heterocycles. The first-order valence-electron chi connectivity index (χ1n) is 9.09. The summed E-state index contributed by atoms with van der Waals surface area (Å²) in [5, 5.41) is 2.72. The van der Waals surface area contributed by atoms with Crippen molar-refractivity contribution in [1.82, 2.24) is 10.3 Å². The van der Waals surface area contributed by atoms with E-state index in [1.54, 1.807) is 27.7 Å². The van der Waals surface area contributed by atoms with Gasteiger partial charge >= 0.3 is 11.9 Å². The largest absolute Gasteiger partial charge is 0.459 e. The molecule has 150 valence electrons. The van der Waals surface area contributed by atoms with E-state index in [2.05, 4.69) is 10.3 Å². The molecule has 0 radical (unpaired) electrons. The Morgan fingerprint density at radius 3 is 2.39 bits per heavy atom. The van der Waals surface area contributed by atoms with Crippen LogP contribution in [0.5, 0.6) is 0 Å². The number of aromatic amines is 1. The molecular weight excluding hydrogens is 360 g/mol. The Balaban J connectivity index is 1.95. The fourth-order valence-electron chi connectivity index (χ4n) is 2.79. The van der Waals surface area contributed by atoms with Gasteiger partial charge in [-0.2, -0.15) is 0 Å². The average molecular weight is 386 g/mol. The maximum Gasteiger partial charge on any atom is 0.355 e. The smallest absolute Gasteiger partial charge is 0.355 e. The number of H-pyrrole nitrogens is 1. The number of amides is 1. The van der Waals surface area contributed by atoms with E-state index >= 15 is 0 Å². The summed E-state index contributed by atoms with van der Waals surface area (Å²) < 4.78 is 10.3. The van der Waals surface area contributed by atoms with E-state index in [-0.39, 0.29) is 11.8 Å². The maximum absolute atomic E-state index is 12.3. The Kier molecular flexibility index (Phi) is 6.98. The monoisotopic (exact) mass is 386 g/mol. The van der Waals surface area contributed by atoms with E-state index < -0.39 is 24.5 Å². The second-order valence-electron chi connectivity index (χ2n) is 6.86. The van der Waals surface area contributed by atoms with Gasteiger partial charge in [-0.3, -0.25) is 4.79 Å². The lowest BCUT2D eigenvalue weighted by atomic mass is 10.1. The van der Waals surface area contributed by atoms with Crippen LogP contribution in [0, 0.1) is 20.8 Å². The highest BCUT2D eigenvalue weighted by atomic mass is 16.5. The number of aromatic nitrogens is 1. The lowest BCUT2D eigenvalue weighted by molar-refractivity contribution is -0.124. The first kappa shape index (κ1) is 21.2. The number of hydrogen-bond acceptors (Lipinski definition) is 5. The summed E-state index contributed by atoms with van der Waals surface area (Å²) in [6.07, 6.45) is -0.270. The van der Waals surface area contributed by atoms with Gasteiger partial charge in [-0.05, 0) is 51.3 Å². The summed E-state index contributed by atoms with van der Waals surface area (Å²) in [4.78, 5) is 39.3. The van der Waals surface area contributed by atoms with Crippen LogP contribution in [0.3, 0.4) is 0 Å². The molecule has 0 aliphatic carbocycles. The third-order valence-corrected chi connectivity index (χ3v) is 4.26. The van der Waals surface area contributed by atoms with Gasteiger partial charge in [0.15, 0.2) is 6.61 Å². The zero-order valence-corrected chi connectivity index (χ0v) is 16.8. The summed E-state index contributed by atoms with van der Waals surface area (Å²) in [6.45, 7) is 8.72. The number of rotatable bonds is 7. The Morgan fingerprint density at radius 1 is 1.07 bits per heavy atom. The van der Waals surface area contributed by atoms with Crippen LogP contribution >= 0.6 is 0 Å². The fourth-order valence-corrected chi connectivity index (χ4v) is 2.79. The second kappa shape index (κ2) is 9.21. The third-order valence-electron chi connectivity index (χ3n) is 4.26. The molecule has 1 amide bonds. The topological polar surface area (TPSA) is 97.5 Å². The Bertz CT molecular complexity index is 883. The highest BCUT2D eigenvalue weighted by Gasteiger charge is 2.24. The second-order valence-corrected chi connectivity index (χ2v) is 6.86. The van der Waals surface area contributed by atoms with E-state index in [4.69, 9.17) is 9.47 Å². The van der Waals surface area contributed by atoms with Crippen LogP contribution < -0.4 is 5.32 Å². The van der Waals surface area contributed by atoms with Crippen LogP contribution in [0.15, 0.2) is 24.3 Å². The molecule has 0 spiro atoms. The van der Waals surface area contributed by atoms with Crippen molar-refractivity contribution in [3.05, 3.63) is 57.9 Å². The fraction of sp³-hybridized carbons (Fsp3) is 0.381. The van der Waals surface area contributed by atoms with Crippen LogP contribution in [0.4, 0.5) is 0 Å². The highest BCUT2D eigenvalue weighted by Crippen LogP contribution is 2.20. The summed E-state index contributed by atoms with van der Waals surface area (Å²) in [7, 11) is 0. The number of carbonyl (C=O) groups excluding carboxylic acids is 3. The zero-order chi connectivity index (χ0) is 20.8. The predicted molar refractivity (Wildman–Crippen MR) is 104 cm³/mol. The number of nitrogens with one attached hydrogen (secondary N) is 2. The molecule has 0 fully saturated rings. The van der Waals surface area contributed by atoms with Crippen LogP contribution in [-0.4, -0.2) is 35.5 Å². The lowest BCUT2D eigenvalue weighted by Crippen LogP contribution is -2.28. The minimum atomic E-state index is -0.699. The molecule has 0 saturated heterocycles. The van der Waals surface area contributed by atoms with Crippen molar-refractivity contribution in [3.8, 4) is 0 Å². The summed E-state index contributed by atoms with van der Waals surface area (Å²) in [5.74, 6) is -1.61. The zero-order valence-electron chi connectivity index (χ0n) is 16.8. The maximum atomic E-state index is 12.3. The van der Waals surface area contributed by atoms with E-state index in [1.807, 2.05) is 31.2 Å². The minimum Gasteiger partial charge on any atom is -0.459 e. The van der Waals surface area contributed by atoms with Crippen molar-refractivity contribution in [3.63, 3.8) is 0 Å². The van der Waals surface area contributed by atoms with Gasteiger partial charge in [0.05, 0.1) is 11.7 Å². The van der Waals surface area contributed by atoms with Crippen molar-refractivity contribution in [2.45, 2.75) is 47.3 Å². The Hall–Kier alpha value is -3.09. The molecule has 0 unspecified atom stereocenters. The molecule has 2 aromatic rings. The average Bonchev–Trinajstić information content (AvgIpc) is 2.92. The summed E-state index contributed by atoms with van der Waals surface area (Å²) >= 11 is 0. The number of benzene rings is 1. The van der Waals surface area contributed by atoms with Crippen LogP contribution in [0.25, 0.3) is 0 Å². The Morgan fingerprint density at radius 2 is 1.75 bits per heavy atom. The molecule has 1 aromatic carbocycles. The van der Waals surface area contributed by atoms with Gasteiger partial charge in [-0.15, -0.1) is 0 Å². The molecule has 28 heavy (non-hydrogen) atoms. The van der Waals surface area contributed by atoms with Gasteiger partial charge in [0.1, 0.15) is 5.69 Å². The molecule has 2 rings (SSSR count). The quantitative estimate of drug-likeness (QED) is 0.713. The number of hydrogen-bond donors (Lipinski definition) is 2. The third kappa shape index (κ3) is 5.22. The first-order valence-corrected chi connectivity index (χ1v) is 9.09. The first-order chi connectivity index (χ1) is 13.2. The van der Waals surface area contributed by atoms with Gasteiger partial charge < -0.3 is 19.8 Å². The predicted octanol–water partition coefficient (Wildman–Crippen LogP) is 2.98. The number of aryl methyl sites for hydroxylation is 2. The molecular formula is C21H26N2O5. The van der Waals surface area contributed by atoms with Crippen LogP contribution in [0.2, 0.25) is 0 Å². The van der Waals surface area contributed by atoms with E-state index in [1.165, 1.54) is 0 Å². The van der Waals surface area contributed by atoms with Crippen LogP contribution in [0.1, 0.15) is 57.1 Å². The molecule has 0 aliphatic heterocycles. The standard InChI is InChI=1S/C21H26N2O5/c1-12(2)28-20(25)18-14(4)19(23-15(18)5)21(26)27-11-17(24)22-10-16-9-7-6-8-13(16)3/h6-9,12,23H,10-11H2,1-5H3,(H,22,24). The molecule has 0 saturated carbocycles. The molecule has 1 aromatic heterocycles. The van der Waals surface area contributed by atoms with E-state index in [0.29, 0.717) is 23.4 Å². The number of carbonyl (C=O) groups is 3. The molecule has 7 heteroatoms. The molecule has 0 bridgehead atoms. The van der Waals surface area contributed by atoms with E-state index in [0.717, 1.165) is 11.1 Å². The van der Waals surface area contributed by atoms with Crippen molar-refractivity contribution >= 4 is 17.8 Å². The van der Waals surface area contributed by atoms with Crippen molar-refractivity contribution < 1.29 is 23.9 Å². The lowest BCUT2D eigenvalue weighted by Gasteiger charge is -2.09. The molecule has 0 aliphatic rings. The molecule has 0 atom stereocenters. The number of esters is 2. The number of ether oxygens (including phenoxy) is 2.